The van der Waals surface area contributed by atoms with Crippen LogP contribution in [0.3, 0.4) is 0 Å². The smallest absolute Gasteiger partial charge is 0.256 e. The first-order valence-corrected chi connectivity index (χ1v) is 5.95. The monoisotopic (exact) mass is 256 g/mol. The molecule has 0 bridgehead atoms. The van der Waals surface area contributed by atoms with Gasteiger partial charge in [0, 0.05) is 11.3 Å². The van der Waals surface area contributed by atoms with Crippen molar-refractivity contribution in [2.45, 2.75) is 13.8 Å². The number of carbonyl (C=O) groups excluding carboxylic acids is 1. The number of hydrogen-bond donors (Lipinski definition) is 3. The number of benzene rings is 2. The summed E-state index contributed by atoms with van der Waals surface area (Å²) in [6.45, 7) is 3.68. The van der Waals surface area contributed by atoms with Crippen LogP contribution in [0.5, 0.6) is 5.75 Å². The Balaban J connectivity index is 2.31. The molecule has 0 aliphatic heterocycles. The van der Waals surface area contributed by atoms with Crippen LogP contribution in [-0.2, 0) is 0 Å². The highest BCUT2D eigenvalue weighted by atomic mass is 16.3. The predicted octanol–water partition coefficient (Wildman–Crippen LogP) is 2.84. The molecule has 0 atom stereocenters. The molecular formula is C15H16N2O2. The largest absolute Gasteiger partial charge is 0.506 e. The number of anilines is 2. The van der Waals surface area contributed by atoms with Gasteiger partial charge in [0.2, 0.25) is 0 Å². The molecule has 0 aliphatic carbocycles. The zero-order valence-electron chi connectivity index (χ0n) is 10.9. The van der Waals surface area contributed by atoms with Crippen LogP contribution < -0.4 is 11.1 Å². The van der Waals surface area contributed by atoms with Crippen molar-refractivity contribution in [3.05, 3.63) is 53.1 Å². The lowest BCUT2D eigenvalue weighted by Crippen LogP contribution is -2.14. The molecule has 2 aromatic carbocycles. The molecule has 1 amide bonds. The lowest BCUT2D eigenvalue weighted by Gasteiger charge is -2.11. The number of nitrogens with two attached hydrogens (primary N) is 1. The lowest BCUT2D eigenvalue weighted by molar-refractivity contribution is 0.102. The van der Waals surface area contributed by atoms with Crippen LogP contribution in [0.2, 0.25) is 0 Å². The number of carbonyl (C=O) groups is 1. The highest BCUT2D eigenvalue weighted by Crippen LogP contribution is 2.25. The molecule has 0 aromatic heterocycles. The molecule has 0 radical (unpaired) electrons. The van der Waals surface area contributed by atoms with Gasteiger partial charge >= 0.3 is 0 Å². The zero-order chi connectivity index (χ0) is 14.0. The Labute approximate surface area is 111 Å². The van der Waals surface area contributed by atoms with E-state index in [0.29, 0.717) is 16.9 Å². The number of nitrogen functional groups attached to an aromatic ring is 1. The molecule has 0 spiro atoms. The number of rotatable bonds is 2. The van der Waals surface area contributed by atoms with Crippen LogP contribution in [0.1, 0.15) is 21.5 Å². The van der Waals surface area contributed by atoms with Gasteiger partial charge in [-0.2, -0.15) is 0 Å². The van der Waals surface area contributed by atoms with Gasteiger partial charge in [-0.1, -0.05) is 12.1 Å². The molecule has 0 aliphatic rings. The van der Waals surface area contributed by atoms with E-state index >= 15 is 0 Å². The highest BCUT2D eigenvalue weighted by Gasteiger charge is 2.12. The number of nitrogens with one attached hydrogen (secondary N) is 1. The summed E-state index contributed by atoms with van der Waals surface area (Å²) < 4.78 is 0. The van der Waals surface area contributed by atoms with Gasteiger partial charge in [0.25, 0.3) is 5.91 Å². The van der Waals surface area contributed by atoms with Crippen molar-refractivity contribution in [3.8, 4) is 5.75 Å². The third kappa shape index (κ3) is 2.68. The molecule has 0 heterocycles. The SMILES string of the molecule is Cc1ccc(O)c(NC(=O)c2cccc(N)c2C)c1. The van der Waals surface area contributed by atoms with Gasteiger partial charge in [-0.25, -0.2) is 0 Å². The molecule has 4 nitrogen and oxygen atoms in total. The minimum Gasteiger partial charge on any atom is -0.506 e. The van der Waals surface area contributed by atoms with E-state index in [1.54, 1.807) is 43.3 Å². The van der Waals surface area contributed by atoms with Crippen molar-refractivity contribution in [1.29, 1.82) is 0 Å². The van der Waals surface area contributed by atoms with Crippen LogP contribution in [-0.4, -0.2) is 11.0 Å². The first-order valence-electron chi connectivity index (χ1n) is 5.95. The zero-order valence-corrected chi connectivity index (χ0v) is 10.9. The standard InChI is InChI=1S/C15H16N2O2/c1-9-6-7-14(18)13(8-9)17-15(19)11-4-3-5-12(16)10(11)2/h3-8,18H,16H2,1-2H3,(H,17,19). The Kier molecular flexibility index (Phi) is 3.42. The second-order valence-electron chi connectivity index (χ2n) is 4.49. The summed E-state index contributed by atoms with van der Waals surface area (Å²) in [6, 6.07) is 10.2. The number of phenols is 1. The Morgan fingerprint density at radius 2 is 1.95 bits per heavy atom. The van der Waals surface area contributed by atoms with Crippen LogP contribution >= 0.6 is 0 Å². The van der Waals surface area contributed by atoms with Gasteiger partial charge in [0.05, 0.1) is 5.69 Å². The second kappa shape index (κ2) is 5.02. The van der Waals surface area contributed by atoms with Crippen molar-refractivity contribution >= 4 is 17.3 Å². The minimum atomic E-state index is -0.286. The van der Waals surface area contributed by atoms with Crippen molar-refractivity contribution in [2.75, 3.05) is 11.1 Å². The van der Waals surface area contributed by atoms with Gasteiger partial charge in [0.15, 0.2) is 0 Å². The molecule has 0 saturated heterocycles. The van der Waals surface area contributed by atoms with Crippen LogP contribution in [0, 0.1) is 13.8 Å². The molecule has 4 N–H and O–H groups in total. The summed E-state index contributed by atoms with van der Waals surface area (Å²) in [5.74, 6) is -0.244. The van der Waals surface area contributed by atoms with Crippen molar-refractivity contribution in [1.82, 2.24) is 0 Å². The average molecular weight is 256 g/mol. The maximum atomic E-state index is 12.2. The van der Waals surface area contributed by atoms with E-state index in [-0.39, 0.29) is 11.7 Å². The third-order valence-electron chi connectivity index (χ3n) is 3.02. The molecule has 4 heteroatoms. The highest BCUT2D eigenvalue weighted by molar-refractivity contribution is 6.06. The summed E-state index contributed by atoms with van der Waals surface area (Å²) in [7, 11) is 0. The quantitative estimate of drug-likeness (QED) is 0.571. The summed E-state index contributed by atoms with van der Waals surface area (Å²) in [5.41, 5.74) is 8.93. The summed E-state index contributed by atoms with van der Waals surface area (Å²) in [6.07, 6.45) is 0. The first kappa shape index (κ1) is 13.0. The molecule has 0 fully saturated rings. The fourth-order valence-electron chi connectivity index (χ4n) is 1.84. The second-order valence-corrected chi connectivity index (χ2v) is 4.49. The van der Waals surface area contributed by atoms with Gasteiger partial charge in [-0.3, -0.25) is 4.79 Å². The summed E-state index contributed by atoms with van der Waals surface area (Å²) >= 11 is 0. The predicted molar refractivity (Wildman–Crippen MR) is 76.4 cm³/mol. The van der Waals surface area contributed by atoms with E-state index in [1.807, 2.05) is 6.92 Å². The minimum absolute atomic E-state index is 0.0421. The van der Waals surface area contributed by atoms with E-state index in [4.69, 9.17) is 5.73 Å². The van der Waals surface area contributed by atoms with Crippen molar-refractivity contribution in [2.24, 2.45) is 0 Å². The fraction of sp³-hybridized carbons (Fsp3) is 0.133. The van der Waals surface area contributed by atoms with E-state index < -0.39 is 0 Å². The van der Waals surface area contributed by atoms with E-state index in [9.17, 15) is 9.90 Å². The van der Waals surface area contributed by atoms with E-state index in [2.05, 4.69) is 5.32 Å². The van der Waals surface area contributed by atoms with Gasteiger partial charge in [-0.05, 0) is 49.2 Å². The van der Waals surface area contributed by atoms with Gasteiger partial charge in [-0.15, -0.1) is 0 Å². The Morgan fingerprint density at radius 3 is 2.68 bits per heavy atom. The Bertz CT molecular complexity index is 636. The van der Waals surface area contributed by atoms with Gasteiger partial charge < -0.3 is 16.2 Å². The van der Waals surface area contributed by atoms with Crippen LogP contribution in [0.15, 0.2) is 36.4 Å². The third-order valence-corrected chi connectivity index (χ3v) is 3.02. The fourth-order valence-corrected chi connectivity index (χ4v) is 1.84. The lowest BCUT2D eigenvalue weighted by atomic mass is 10.1. The number of phenolic OH excluding ortho intramolecular Hbond substituents is 1. The molecule has 98 valence electrons. The summed E-state index contributed by atoms with van der Waals surface area (Å²) in [4.78, 5) is 12.2. The molecule has 0 unspecified atom stereocenters. The van der Waals surface area contributed by atoms with Crippen molar-refractivity contribution < 1.29 is 9.90 Å². The maximum Gasteiger partial charge on any atom is 0.256 e. The molecule has 19 heavy (non-hydrogen) atoms. The average Bonchev–Trinajstić information content (AvgIpc) is 2.37. The van der Waals surface area contributed by atoms with Gasteiger partial charge in [0.1, 0.15) is 5.75 Å². The van der Waals surface area contributed by atoms with Crippen molar-refractivity contribution in [3.63, 3.8) is 0 Å². The van der Waals surface area contributed by atoms with E-state index in [1.165, 1.54) is 0 Å². The number of aromatic hydroxyl groups is 1. The van der Waals surface area contributed by atoms with Crippen LogP contribution in [0.25, 0.3) is 0 Å². The van der Waals surface area contributed by atoms with E-state index in [0.717, 1.165) is 11.1 Å². The molecule has 2 rings (SSSR count). The number of hydrogen-bond acceptors (Lipinski definition) is 3. The van der Waals surface area contributed by atoms with Crippen LogP contribution in [0.4, 0.5) is 11.4 Å². The first-order chi connectivity index (χ1) is 8.99. The topological polar surface area (TPSA) is 75.3 Å². The normalized spacial score (nSPS) is 10.2. The molecular weight excluding hydrogens is 240 g/mol. The molecule has 2 aromatic rings. The Morgan fingerprint density at radius 1 is 1.21 bits per heavy atom. The number of aryl methyl sites for hydroxylation is 1. The Hall–Kier alpha value is -2.49. The molecule has 0 saturated carbocycles. The summed E-state index contributed by atoms with van der Waals surface area (Å²) in [5, 5.41) is 12.4. The number of amides is 1. The maximum absolute atomic E-state index is 12.2.